The van der Waals surface area contributed by atoms with Gasteiger partial charge in [-0.25, -0.2) is 0 Å². The number of carbonyl (C=O) groups is 2. The number of aryl methyl sites for hydroxylation is 1. The fourth-order valence-corrected chi connectivity index (χ4v) is 3.72. The van der Waals surface area contributed by atoms with Crippen molar-refractivity contribution in [1.82, 2.24) is 10.2 Å². The number of nitro groups is 1. The Hall–Kier alpha value is -2.74. The largest absolute Gasteiger partial charge is 0.339 e. The Morgan fingerprint density at radius 3 is 2.76 bits per heavy atom. The van der Waals surface area contributed by atoms with Crippen molar-refractivity contribution in [2.75, 3.05) is 6.54 Å². The van der Waals surface area contributed by atoms with Crippen LogP contribution in [0.3, 0.4) is 0 Å². The van der Waals surface area contributed by atoms with E-state index in [1.807, 2.05) is 30.3 Å². The SMILES string of the molecule is Cc1sc(C(=O)NC2CCN(Cc3ccccc3)C2=O)cc1[N+](=O)[O-]. The Kier molecular flexibility index (Phi) is 4.80. The molecule has 1 aliphatic rings. The number of hydrogen-bond acceptors (Lipinski definition) is 5. The monoisotopic (exact) mass is 359 g/mol. The lowest BCUT2D eigenvalue weighted by Gasteiger charge is -2.17. The molecule has 1 atom stereocenters. The molecule has 1 saturated heterocycles. The second kappa shape index (κ2) is 7.02. The molecule has 1 aromatic carbocycles. The maximum absolute atomic E-state index is 12.5. The molecule has 1 fully saturated rings. The van der Waals surface area contributed by atoms with E-state index >= 15 is 0 Å². The molecule has 0 bridgehead atoms. The zero-order chi connectivity index (χ0) is 18.0. The van der Waals surface area contributed by atoms with E-state index in [1.165, 1.54) is 6.07 Å². The number of nitrogens with one attached hydrogen (secondary N) is 1. The molecule has 1 unspecified atom stereocenters. The first-order valence-corrected chi connectivity index (χ1v) is 8.65. The summed E-state index contributed by atoms with van der Waals surface area (Å²) < 4.78 is 0. The van der Waals surface area contributed by atoms with E-state index in [0.29, 0.717) is 24.4 Å². The van der Waals surface area contributed by atoms with Gasteiger partial charge in [-0.05, 0) is 18.9 Å². The summed E-state index contributed by atoms with van der Waals surface area (Å²) in [5.74, 6) is -0.568. The van der Waals surface area contributed by atoms with Crippen molar-refractivity contribution >= 4 is 28.8 Å². The van der Waals surface area contributed by atoms with Crippen molar-refractivity contribution in [3.8, 4) is 0 Å². The fraction of sp³-hybridized carbons (Fsp3) is 0.294. The summed E-state index contributed by atoms with van der Waals surface area (Å²) in [5.41, 5.74) is 0.964. The maximum Gasteiger partial charge on any atom is 0.283 e. The van der Waals surface area contributed by atoms with Crippen LogP contribution in [0.2, 0.25) is 0 Å². The van der Waals surface area contributed by atoms with E-state index in [0.717, 1.165) is 16.9 Å². The summed E-state index contributed by atoms with van der Waals surface area (Å²) >= 11 is 1.06. The van der Waals surface area contributed by atoms with Gasteiger partial charge >= 0.3 is 0 Å². The van der Waals surface area contributed by atoms with Crippen LogP contribution in [0.4, 0.5) is 5.69 Å². The molecule has 7 nitrogen and oxygen atoms in total. The predicted molar refractivity (Wildman–Crippen MR) is 93.4 cm³/mol. The third kappa shape index (κ3) is 3.69. The molecule has 0 radical (unpaired) electrons. The van der Waals surface area contributed by atoms with E-state index in [2.05, 4.69) is 5.32 Å². The molecule has 130 valence electrons. The number of rotatable bonds is 5. The molecule has 3 rings (SSSR count). The second-order valence-electron chi connectivity index (χ2n) is 5.87. The average molecular weight is 359 g/mol. The van der Waals surface area contributed by atoms with Gasteiger partial charge < -0.3 is 10.2 Å². The van der Waals surface area contributed by atoms with Crippen LogP contribution < -0.4 is 5.32 Å². The highest BCUT2D eigenvalue weighted by Gasteiger charge is 2.33. The lowest BCUT2D eigenvalue weighted by atomic mass is 10.2. The number of carbonyl (C=O) groups excluding carboxylic acids is 2. The molecule has 0 saturated carbocycles. The van der Waals surface area contributed by atoms with Gasteiger partial charge in [0, 0.05) is 19.2 Å². The van der Waals surface area contributed by atoms with Crippen molar-refractivity contribution in [2.45, 2.75) is 25.9 Å². The third-order valence-electron chi connectivity index (χ3n) is 4.13. The van der Waals surface area contributed by atoms with Crippen LogP contribution in [0.1, 0.15) is 26.5 Å². The molecular weight excluding hydrogens is 342 g/mol. The zero-order valence-corrected chi connectivity index (χ0v) is 14.4. The predicted octanol–water partition coefficient (Wildman–Crippen LogP) is 2.50. The van der Waals surface area contributed by atoms with Gasteiger partial charge in [0.2, 0.25) is 5.91 Å². The van der Waals surface area contributed by atoms with E-state index in [9.17, 15) is 19.7 Å². The van der Waals surface area contributed by atoms with Gasteiger partial charge in [0.25, 0.3) is 11.6 Å². The van der Waals surface area contributed by atoms with Crippen LogP contribution in [-0.2, 0) is 11.3 Å². The summed E-state index contributed by atoms with van der Waals surface area (Å²) in [6, 6.07) is 10.3. The van der Waals surface area contributed by atoms with Gasteiger partial charge in [0.1, 0.15) is 6.04 Å². The number of hydrogen-bond donors (Lipinski definition) is 1. The highest BCUT2D eigenvalue weighted by atomic mass is 32.1. The van der Waals surface area contributed by atoms with Crippen molar-refractivity contribution < 1.29 is 14.5 Å². The highest BCUT2D eigenvalue weighted by Crippen LogP contribution is 2.28. The summed E-state index contributed by atoms with van der Waals surface area (Å²) in [5, 5.41) is 13.6. The lowest BCUT2D eigenvalue weighted by molar-refractivity contribution is -0.385. The zero-order valence-electron chi connectivity index (χ0n) is 13.6. The molecule has 2 amide bonds. The molecule has 1 aliphatic heterocycles. The van der Waals surface area contributed by atoms with Crippen LogP contribution >= 0.6 is 11.3 Å². The van der Waals surface area contributed by atoms with E-state index in [1.54, 1.807) is 11.8 Å². The van der Waals surface area contributed by atoms with Gasteiger partial charge in [-0.3, -0.25) is 19.7 Å². The molecule has 0 spiro atoms. The summed E-state index contributed by atoms with van der Waals surface area (Å²) in [6.45, 7) is 2.68. The maximum atomic E-state index is 12.5. The van der Waals surface area contributed by atoms with Gasteiger partial charge in [-0.1, -0.05) is 30.3 Å². The summed E-state index contributed by atoms with van der Waals surface area (Å²) in [6.07, 6.45) is 0.532. The number of nitrogens with zero attached hydrogens (tertiary/aromatic N) is 2. The minimum atomic E-state index is -0.585. The van der Waals surface area contributed by atoms with Crippen molar-refractivity contribution in [3.05, 3.63) is 61.8 Å². The summed E-state index contributed by atoms with van der Waals surface area (Å²) in [7, 11) is 0. The molecule has 8 heteroatoms. The lowest BCUT2D eigenvalue weighted by Crippen LogP contribution is -2.41. The van der Waals surface area contributed by atoms with E-state index in [4.69, 9.17) is 0 Å². The highest BCUT2D eigenvalue weighted by molar-refractivity contribution is 7.14. The molecule has 0 aliphatic carbocycles. The quantitative estimate of drug-likeness (QED) is 0.656. The Labute approximate surface area is 148 Å². The average Bonchev–Trinajstić information content (AvgIpc) is 3.13. The van der Waals surface area contributed by atoms with Crippen LogP contribution in [0, 0.1) is 17.0 Å². The third-order valence-corrected chi connectivity index (χ3v) is 5.17. The minimum absolute atomic E-state index is 0.0707. The van der Waals surface area contributed by atoms with Gasteiger partial charge in [0.05, 0.1) is 14.7 Å². The van der Waals surface area contributed by atoms with Crippen molar-refractivity contribution in [3.63, 3.8) is 0 Å². The molecule has 2 heterocycles. The van der Waals surface area contributed by atoms with Gasteiger partial charge in [0.15, 0.2) is 0 Å². The van der Waals surface area contributed by atoms with Gasteiger partial charge in [-0.15, -0.1) is 11.3 Å². The summed E-state index contributed by atoms with van der Waals surface area (Å²) in [4.78, 5) is 37.6. The van der Waals surface area contributed by atoms with Crippen LogP contribution in [0.15, 0.2) is 36.4 Å². The number of benzene rings is 1. The standard InChI is InChI=1S/C17H17N3O4S/c1-11-14(20(23)24)9-15(25-11)16(21)18-13-7-8-19(17(13)22)10-12-5-3-2-4-6-12/h2-6,9,13H,7-8,10H2,1H3,(H,18,21). The Morgan fingerprint density at radius 2 is 2.12 bits per heavy atom. The number of likely N-dealkylation sites (tertiary alicyclic amines) is 1. The van der Waals surface area contributed by atoms with Crippen LogP contribution in [0.5, 0.6) is 0 Å². The minimum Gasteiger partial charge on any atom is -0.339 e. The normalized spacial score (nSPS) is 16.9. The fourth-order valence-electron chi connectivity index (χ4n) is 2.83. The first-order valence-electron chi connectivity index (χ1n) is 7.84. The molecule has 2 aromatic rings. The smallest absolute Gasteiger partial charge is 0.283 e. The molecule has 1 aromatic heterocycles. The Morgan fingerprint density at radius 1 is 1.40 bits per heavy atom. The first kappa shape index (κ1) is 17.1. The second-order valence-corrected chi connectivity index (χ2v) is 7.13. The number of thiophene rings is 1. The Balaban J connectivity index is 1.63. The molecular formula is C17H17N3O4S. The number of amides is 2. The van der Waals surface area contributed by atoms with Crippen molar-refractivity contribution in [1.29, 1.82) is 0 Å². The molecule has 25 heavy (non-hydrogen) atoms. The topological polar surface area (TPSA) is 92.6 Å². The van der Waals surface area contributed by atoms with Gasteiger partial charge in [-0.2, -0.15) is 0 Å². The Bertz CT molecular complexity index is 819. The van der Waals surface area contributed by atoms with Crippen LogP contribution in [0.25, 0.3) is 0 Å². The first-order chi connectivity index (χ1) is 12.0. The van der Waals surface area contributed by atoms with E-state index in [-0.39, 0.29) is 16.5 Å². The molecule has 1 N–H and O–H groups in total. The van der Waals surface area contributed by atoms with Crippen molar-refractivity contribution in [2.24, 2.45) is 0 Å². The van der Waals surface area contributed by atoms with Crippen LogP contribution in [-0.4, -0.2) is 34.2 Å². The van der Waals surface area contributed by atoms with E-state index < -0.39 is 16.9 Å².